The van der Waals surface area contributed by atoms with E-state index in [-0.39, 0.29) is 17.4 Å². The molecular weight excluding hydrogens is 292 g/mol. The monoisotopic (exact) mass is 308 g/mol. The van der Waals surface area contributed by atoms with Crippen LogP contribution in [0.3, 0.4) is 0 Å². The molecule has 6 nitrogen and oxygen atoms in total. The average Bonchev–Trinajstić information content (AvgIpc) is 2.99. The largest absolute Gasteiger partial charge is 0.378 e. The van der Waals surface area contributed by atoms with Crippen LogP contribution in [-0.2, 0) is 14.6 Å². The molecule has 0 spiro atoms. The van der Waals surface area contributed by atoms with Crippen molar-refractivity contribution >= 4 is 21.3 Å². The summed E-state index contributed by atoms with van der Waals surface area (Å²) in [5.74, 6) is -0.436. The number of pyridine rings is 1. The number of fused-ring (bicyclic) bond motifs is 1. The normalized spacial score (nSPS) is 24.2. The van der Waals surface area contributed by atoms with Gasteiger partial charge in [0.15, 0.2) is 9.84 Å². The summed E-state index contributed by atoms with van der Waals surface area (Å²) in [5, 5.41) is 2.77. The Morgan fingerprint density at radius 3 is 2.86 bits per heavy atom. The number of sulfone groups is 1. The smallest absolute Gasteiger partial charge is 0.268 e. The Kier molecular flexibility index (Phi) is 3.46. The van der Waals surface area contributed by atoms with E-state index in [1.165, 1.54) is 7.11 Å². The summed E-state index contributed by atoms with van der Waals surface area (Å²) in [6, 6.07) is 8.67. The molecule has 7 heteroatoms. The van der Waals surface area contributed by atoms with Gasteiger partial charge < -0.3 is 14.5 Å². The van der Waals surface area contributed by atoms with Crippen molar-refractivity contribution in [2.75, 3.05) is 18.6 Å². The number of aromatic nitrogens is 1. The van der Waals surface area contributed by atoms with Crippen LogP contribution in [0, 0.1) is 0 Å². The third-order valence-electron chi connectivity index (χ3n) is 3.72. The van der Waals surface area contributed by atoms with E-state index in [0.29, 0.717) is 5.69 Å². The summed E-state index contributed by atoms with van der Waals surface area (Å²) in [6.07, 6.45) is 1.30. The Labute approximate surface area is 122 Å². The summed E-state index contributed by atoms with van der Waals surface area (Å²) in [7, 11) is -1.70. The Balaban J connectivity index is 1.83. The van der Waals surface area contributed by atoms with Gasteiger partial charge in [0.2, 0.25) is 0 Å². The number of nitrogens with zero attached hydrogens (tertiary/aromatic N) is 1. The number of rotatable bonds is 3. The minimum absolute atomic E-state index is 0.0522. The molecule has 0 saturated carbocycles. The quantitative estimate of drug-likeness (QED) is 0.895. The highest BCUT2D eigenvalue weighted by Gasteiger charge is 2.39. The third kappa shape index (κ3) is 2.66. The zero-order chi connectivity index (χ0) is 15.0. The Hall–Kier alpha value is -1.86. The van der Waals surface area contributed by atoms with Crippen LogP contribution < -0.4 is 5.32 Å². The molecule has 1 amide bonds. The molecule has 1 fully saturated rings. The minimum Gasteiger partial charge on any atom is -0.378 e. The molecule has 2 aromatic rings. The standard InChI is InChI=1S/C14H16N2O4S/c1-20-13-9-21(18,19)8-11(13)15-14(17)12-6-5-10-4-2-3-7-16(10)12/h2-7,11,13H,8-9H2,1H3,(H,15,17)/t11-,13-/m1/s1. The minimum atomic E-state index is -3.16. The maximum absolute atomic E-state index is 12.4. The number of methoxy groups -OCH3 is 1. The van der Waals surface area contributed by atoms with Gasteiger partial charge in [0.05, 0.1) is 23.7 Å². The fourth-order valence-electron chi connectivity index (χ4n) is 2.67. The predicted molar refractivity (Wildman–Crippen MR) is 78.1 cm³/mol. The van der Waals surface area contributed by atoms with Crippen LogP contribution in [0.25, 0.3) is 5.52 Å². The van der Waals surface area contributed by atoms with E-state index in [1.807, 2.05) is 24.3 Å². The highest BCUT2D eigenvalue weighted by atomic mass is 32.2. The van der Waals surface area contributed by atoms with Gasteiger partial charge >= 0.3 is 0 Å². The third-order valence-corrected chi connectivity index (χ3v) is 5.42. The van der Waals surface area contributed by atoms with Gasteiger partial charge in [-0.3, -0.25) is 4.79 Å². The van der Waals surface area contributed by atoms with E-state index in [2.05, 4.69) is 5.32 Å². The lowest BCUT2D eigenvalue weighted by molar-refractivity contribution is 0.0782. The van der Waals surface area contributed by atoms with Gasteiger partial charge in [-0.15, -0.1) is 0 Å². The topological polar surface area (TPSA) is 76.9 Å². The SMILES string of the molecule is CO[C@@H]1CS(=O)(=O)C[C@H]1NC(=O)c1ccc2ccccn12. The van der Waals surface area contributed by atoms with Crippen LogP contribution >= 0.6 is 0 Å². The first kappa shape index (κ1) is 14.1. The number of amides is 1. The van der Waals surface area contributed by atoms with E-state index >= 15 is 0 Å². The molecule has 2 aromatic heterocycles. The van der Waals surface area contributed by atoms with Crippen LogP contribution in [0.2, 0.25) is 0 Å². The van der Waals surface area contributed by atoms with Gasteiger partial charge in [-0.05, 0) is 24.3 Å². The maximum atomic E-state index is 12.4. The first-order valence-electron chi connectivity index (χ1n) is 6.60. The molecule has 3 heterocycles. The number of hydrogen-bond acceptors (Lipinski definition) is 4. The highest BCUT2D eigenvalue weighted by molar-refractivity contribution is 7.91. The number of nitrogens with one attached hydrogen (secondary N) is 1. The molecule has 21 heavy (non-hydrogen) atoms. The average molecular weight is 308 g/mol. The second-order valence-electron chi connectivity index (χ2n) is 5.15. The van der Waals surface area contributed by atoms with Crippen LogP contribution in [0.1, 0.15) is 10.5 Å². The van der Waals surface area contributed by atoms with Gasteiger partial charge in [-0.25, -0.2) is 8.42 Å². The molecule has 3 rings (SSSR count). The van der Waals surface area contributed by atoms with Crippen molar-refractivity contribution < 1.29 is 17.9 Å². The van der Waals surface area contributed by atoms with E-state index < -0.39 is 22.0 Å². The van der Waals surface area contributed by atoms with Gasteiger partial charge in [-0.2, -0.15) is 0 Å². The van der Waals surface area contributed by atoms with Crippen LogP contribution in [0.5, 0.6) is 0 Å². The number of carbonyl (C=O) groups excluding carboxylic acids is 1. The molecule has 0 radical (unpaired) electrons. The Morgan fingerprint density at radius 1 is 1.29 bits per heavy atom. The van der Waals surface area contributed by atoms with E-state index in [9.17, 15) is 13.2 Å². The van der Waals surface area contributed by atoms with Gasteiger partial charge in [0.1, 0.15) is 5.69 Å². The van der Waals surface area contributed by atoms with E-state index in [1.54, 1.807) is 16.7 Å². The van der Waals surface area contributed by atoms with Crippen LogP contribution in [-0.4, -0.2) is 49.5 Å². The molecule has 1 saturated heterocycles. The molecule has 0 aromatic carbocycles. The zero-order valence-electron chi connectivity index (χ0n) is 11.5. The fraction of sp³-hybridized carbons (Fsp3) is 0.357. The van der Waals surface area contributed by atoms with E-state index in [4.69, 9.17) is 4.74 Å². The van der Waals surface area contributed by atoms with Crippen LogP contribution in [0.4, 0.5) is 0 Å². The van der Waals surface area contributed by atoms with Crippen molar-refractivity contribution in [3.8, 4) is 0 Å². The second kappa shape index (κ2) is 5.16. The van der Waals surface area contributed by atoms with Crippen molar-refractivity contribution in [1.29, 1.82) is 0 Å². The summed E-state index contributed by atoms with van der Waals surface area (Å²) in [5.41, 5.74) is 1.38. The van der Waals surface area contributed by atoms with Gasteiger partial charge in [0.25, 0.3) is 5.91 Å². The maximum Gasteiger partial charge on any atom is 0.268 e. The molecule has 1 aliphatic heterocycles. The molecule has 1 N–H and O–H groups in total. The van der Waals surface area contributed by atoms with Crippen molar-refractivity contribution in [3.05, 3.63) is 42.2 Å². The fourth-order valence-corrected chi connectivity index (χ4v) is 4.52. The van der Waals surface area contributed by atoms with Crippen molar-refractivity contribution in [2.24, 2.45) is 0 Å². The van der Waals surface area contributed by atoms with Crippen molar-refractivity contribution in [3.63, 3.8) is 0 Å². The molecule has 0 bridgehead atoms. The first-order valence-corrected chi connectivity index (χ1v) is 8.42. The zero-order valence-corrected chi connectivity index (χ0v) is 12.3. The number of ether oxygens (including phenoxy) is 1. The van der Waals surface area contributed by atoms with Gasteiger partial charge in [-0.1, -0.05) is 6.07 Å². The summed E-state index contributed by atoms with van der Waals surface area (Å²) in [4.78, 5) is 12.4. The Bertz CT molecular complexity index is 781. The molecule has 2 atom stereocenters. The lowest BCUT2D eigenvalue weighted by Crippen LogP contribution is -2.43. The number of carbonyl (C=O) groups is 1. The molecular formula is C14H16N2O4S. The van der Waals surface area contributed by atoms with Crippen molar-refractivity contribution in [2.45, 2.75) is 12.1 Å². The molecule has 0 unspecified atom stereocenters. The molecule has 1 aliphatic rings. The van der Waals surface area contributed by atoms with Crippen LogP contribution in [0.15, 0.2) is 36.5 Å². The Morgan fingerprint density at radius 2 is 2.10 bits per heavy atom. The highest BCUT2D eigenvalue weighted by Crippen LogP contribution is 2.17. The van der Waals surface area contributed by atoms with E-state index in [0.717, 1.165) is 5.52 Å². The summed E-state index contributed by atoms with van der Waals surface area (Å²) in [6.45, 7) is 0. The summed E-state index contributed by atoms with van der Waals surface area (Å²) >= 11 is 0. The first-order chi connectivity index (χ1) is 10.00. The predicted octanol–water partition coefficient (Wildman–Crippen LogP) is 0.481. The molecule has 0 aliphatic carbocycles. The molecule has 112 valence electrons. The summed E-state index contributed by atoms with van der Waals surface area (Å²) < 4.78 is 30.2. The van der Waals surface area contributed by atoms with Gasteiger partial charge in [0, 0.05) is 18.8 Å². The second-order valence-corrected chi connectivity index (χ2v) is 7.30. The van der Waals surface area contributed by atoms with Crippen molar-refractivity contribution in [1.82, 2.24) is 9.72 Å². The number of hydrogen-bond donors (Lipinski definition) is 1. The lowest BCUT2D eigenvalue weighted by Gasteiger charge is -2.17. The lowest BCUT2D eigenvalue weighted by atomic mass is 10.2.